The van der Waals surface area contributed by atoms with Crippen molar-refractivity contribution in [3.05, 3.63) is 35.8 Å². The Labute approximate surface area is 139 Å². The lowest BCUT2D eigenvalue weighted by molar-refractivity contribution is -0.141. The first kappa shape index (κ1) is 16.6. The van der Waals surface area contributed by atoms with Crippen LogP contribution >= 0.6 is 0 Å². The molecule has 7 heteroatoms. The van der Waals surface area contributed by atoms with Gasteiger partial charge in [0.1, 0.15) is 11.6 Å². The Kier molecular flexibility index (Phi) is 4.92. The summed E-state index contributed by atoms with van der Waals surface area (Å²) in [4.78, 5) is 15.1. The number of pyridine rings is 1. The quantitative estimate of drug-likeness (QED) is 0.840. The van der Waals surface area contributed by atoms with Crippen molar-refractivity contribution in [1.29, 1.82) is 0 Å². The van der Waals surface area contributed by atoms with Gasteiger partial charge in [-0.3, -0.25) is 15.2 Å². The number of aromatic nitrogens is 1. The van der Waals surface area contributed by atoms with Crippen molar-refractivity contribution in [2.45, 2.75) is 12.8 Å². The lowest BCUT2D eigenvalue weighted by atomic mass is 10.1. The maximum atomic E-state index is 14.2. The Bertz CT molecular complexity index is 753. The summed E-state index contributed by atoms with van der Waals surface area (Å²) in [6.45, 7) is 1.69. The number of carboxylic acids is 1. The van der Waals surface area contributed by atoms with E-state index in [4.69, 9.17) is 9.84 Å². The Balaban J connectivity index is 1.69. The van der Waals surface area contributed by atoms with E-state index in [2.05, 4.69) is 10.4 Å². The standard InChI is InChI=1S/C17H20FN3O3/c1-24-12-2-3-16-14(8-12)13(15(18)9-19-16)4-6-20-21-7-5-11(10-21)17(22)23/h2-3,8-9,11,20H,4-7,10H2,1H3,(H,22,23). The molecule has 24 heavy (non-hydrogen) atoms. The van der Waals surface area contributed by atoms with E-state index in [1.807, 2.05) is 11.1 Å². The van der Waals surface area contributed by atoms with Crippen LogP contribution in [0.25, 0.3) is 10.9 Å². The first-order chi connectivity index (χ1) is 11.6. The van der Waals surface area contributed by atoms with Gasteiger partial charge in [-0.05, 0) is 31.0 Å². The molecular formula is C17H20FN3O3. The van der Waals surface area contributed by atoms with Gasteiger partial charge in [-0.2, -0.15) is 0 Å². The number of carboxylic acid groups (broad SMARTS) is 1. The number of hydrogen-bond donors (Lipinski definition) is 2. The summed E-state index contributed by atoms with van der Waals surface area (Å²) >= 11 is 0. The molecule has 0 radical (unpaired) electrons. The van der Waals surface area contributed by atoms with Gasteiger partial charge in [0.25, 0.3) is 0 Å². The SMILES string of the molecule is COc1ccc2ncc(F)c(CCNN3CCC(C(=O)O)C3)c2c1. The van der Waals surface area contributed by atoms with E-state index in [1.165, 1.54) is 6.20 Å². The van der Waals surface area contributed by atoms with E-state index >= 15 is 0 Å². The lowest BCUT2D eigenvalue weighted by Gasteiger charge is -2.17. The van der Waals surface area contributed by atoms with E-state index in [1.54, 1.807) is 19.2 Å². The maximum Gasteiger partial charge on any atom is 0.307 e. The van der Waals surface area contributed by atoms with Gasteiger partial charge in [0.15, 0.2) is 0 Å². The van der Waals surface area contributed by atoms with Gasteiger partial charge in [0.2, 0.25) is 0 Å². The van der Waals surface area contributed by atoms with Gasteiger partial charge in [-0.1, -0.05) is 0 Å². The van der Waals surface area contributed by atoms with Crippen molar-refractivity contribution in [2.24, 2.45) is 5.92 Å². The highest BCUT2D eigenvalue weighted by atomic mass is 19.1. The van der Waals surface area contributed by atoms with Crippen molar-refractivity contribution >= 4 is 16.9 Å². The van der Waals surface area contributed by atoms with Crippen molar-refractivity contribution in [2.75, 3.05) is 26.7 Å². The molecule has 2 heterocycles. The number of carbonyl (C=O) groups is 1. The summed E-state index contributed by atoms with van der Waals surface area (Å²) in [5.41, 5.74) is 4.49. The number of rotatable bonds is 6. The third kappa shape index (κ3) is 3.47. The second-order valence-corrected chi connectivity index (χ2v) is 5.90. The molecule has 2 N–H and O–H groups in total. The molecule has 0 amide bonds. The number of methoxy groups -OCH3 is 1. The van der Waals surface area contributed by atoms with Crippen LogP contribution in [-0.4, -0.2) is 47.8 Å². The molecule has 3 rings (SSSR count). The second-order valence-electron chi connectivity index (χ2n) is 5.90. The fourth-order valence-corrected chi connectivity index (χ4v) is 3.03. The summed E-state index contributed by atoms with van der Waals surface area (Å²) in [5, 5.41) is 11.6. The molecule has 1 aliphatic rings. The van der Waals surface area contributed by atoms with Crippen LogP contribution in [0.5, 0.6) is 5.75 Å². The molecule has 1 aliphatic heterocycles. The molecule has 0 bridgehead atoms. The number of aliphatic carboxylic acids is 1. The first-order valence-electron chi connectivity index (χ1n) is 7.91. The average molecular weight is 333 g/mol. The maximum absolute atomic E-state index is 14.2. The molecule has 128 valence electrons. The van der Waals surface area contributed by atoms with Crippen LogP contribution in [0, 0.1) is 11.7 Å². The van der Waals surface area contributed by atoms with Crippen LogP contribution in [0.15, 0.2) is 24.4 Å². The Morgan fingerprint density at radius 1 is 1.54 bits per heavy atom. The molecule has 0 aliphatic carbocycles. The highest BCUT2D eigenvalue weighted by Gasteiger charge is 2.27. The number of hydrazine groups is 1. The third-order valence-corrected chi connectivity index (χ3v) is 4.38. The summed E-state index contributed by atoms with van der Waals surface area (Å²) in [6.07, 6.45) is 2.35. The zero-order valence-electron chi connectivity index (χ0n) is 13.5. The van der Waals surface area contributed by atoms with Gasteiger partial charge < -0.3 is 9.84 Å². The molecule has 1 aromatic heterocycles. The number of benzene rings is 1. The summed E-state index contributed by atoms with van der Waals surface area (Å²) in [6, 6.07) is 5.39. The normalized spacial score (nSPS) is 18.2. The zero-order valence-corrected chi connectivity index (χ0v) is 13.5. The molecule has 1 fully saturated rings. The van der Waals surface area contributed by atoms with E-state index in [-0.39, 0.29) is 11.7 Å². The van der Waals surface area contributed by atoms with Crippen molar-refractivity contribution in [3.8, 4) is 5.75 Å². The third-order valence-electron chi connectivity index (χ3n) is 4.38. The number of halogens is 1. The largest absolute Gasteiger partial charge is 0.497 e. The molecule has 1 saturated heterocycles. The van der Waals surface area contributed by atoms with Crippen molar-refractivity contribution in [1.82, 2.24) is 15.4 Å². The van der Waals surface area contributed by atoms with Crippen LogP contribution in [-0.2, 0) is 11.2 Å². The van der Waals surface area contributed by atoms with E-state index in [9.17, 15) is 9.18 Å². The van der Waals surface area contributed by atoms with E-state index in [0.717, 1.165) is 10.9 Å². The minimum Gasteiger partial charge on any atom is -0.497 e. The predicted molar refractivity (Wildman–Crippen MR) is 87.3 cm³/mol. The number of nitrogens with zero attached hydrogens (tertiary/aromatic N) is 2. The summed E-state index contributed by atoms with van der Waals surface area (Å²) < 4.78 is 19.4. The Morgan fingerprint density at radius 3 is 3.08 bits per heavy atom. The molecule has 1 atom stereocenters. The van der Waals surface area contributed by atoms with Crippen molar-refractivity contribution < 1.29 is 19.0 Å². The topological polar surface area (TPSA) is 74.7 Å². The average Bonchev–Trinajstić information content (AvgIpc) is 3.05. The molecule has 0 spiro atoms. The van der Waals surface area contributed by atoms with Crippen LogP contribution in [0.3, 0.4) is 0 Å². The fraction of sp³-hybridized carbons (Fsp3) is 0.412. The van der Waals surface area contributed by atoms with E-state index < -0.39 is 5.97 Å². The molecule has 6 nitrogen and oxygen atoms in total. The second kappa shape index (κ2) is 7.11. The zero-order chi connectivity index (χ0) is 17.1. The van der Waals surface area contributed by atoms with Crippen LogP contribution in [0.1, 0.15) is 12.0 Å². The number of nitrogens with one attached hydrogen (secondary N) is 1. The summed E-state index contributed by atoms with van der Waals surface area (Å²) in [5.74, 6) is -0.784. The minimum absolute atomic E-state index is 0.333. The van der Waals surface area contributed by atoms with Gasteiger partial charge in [0, 0.05) is 30.6 Å². The van der Waals surface area contributed by atoms with Gasteiger partial charge in [-0.25, -0.2) is 9.40 Å². The predicted octanol–water partition coefficient (Wildman–Crippen LogP) is 1.84. The van der Waals surface area contributed by atoms with Gasteiger partial charge in [-0.15, -0.1) is 0 Å². The fourth-order valence-electron chi connectivity index (χ4n) is 3.03. The lowest BCUT2D eigenvalue weighted by Crippen LogP contribution is -2.38. The number of fused-ring (bicyclic) bond motifs is 1. The van der Waals surface area contributed by atoms with Crippen molar-refractivity contribution in [3.63, 3.8) is 0 Å². The van der Waals surface area contributed by atoms with E-state index in [0.29, 0.717) is 43.8 Å². The molecular weight excluding hydrogens is 313 g/mol. The minimum atomic E-state index is -0.766. The van der Waals surface area contributed by atoms with Gasteiger partial charge in [0.05, 0.1) is 24.7 Å². The van der Waals surface area contributed by atoms with Crippen LogP contribution in [0.4, 0.5) is 4.39 Å². The van der Waals surface area contributed by atoms with Gasteiger partial charge >= 0.3 is 5.97 Å². The number of hydrogen-bond acceptors (Lipinski definition) is 5. The first-order valence-corrected chi connectivity index (χ1v) is 7.91. The highest BCUT2D eigenvalue weighted by Crippen LogP contribution is 2.24. The summed E-state index contributed by atoms with van der Waals surface area (Å²) in [7, 11) is 1.57. The van der Waals surface area contributed by atoms with Crippen LogP contribution in [0.2, 0.25) is 0 Å². The monoisotopic (exact) mass is 333 g/mol. The molecule has 1 aromatic carbocycles. The highest BCUT2D eigenvalue weighted by molar-refractivity contribution is 5.83. The Hall–Kier alpha value is -2.25. The molecule has 1 unspecified atom stereocenters. The molecule has 2 aromatic rings. The Morgan fingerprint density at radius 2 is 2.38 bits per heavy atom. The number of ether oxygens (including phenoxy) is 1. The molecule has 0 saturated carbocycles. The smallest absolute Gasteiger partial charge is 0.307 e. The van der Waals surface area contributed by atoms with Crippen LogP contribution < -0.4 is 10.2 Å².